The fourth-order valence-corrected chi connectivity index (χ4v) is 4.34. The summed E-state index contributed by atoms with van der Waals surface area (Å²) in [6.45, 7) is 0.144. The molecule has 1 saturated heterocycles. The summed E-state index contributed by atoms with van der Waals surface area (Å²) in [5.41, 5.74) is 7.82. The number of nitrogens with zero attached hydrogens (tertiary/aromatic N) is 4. The molecule has 7 nitrogen and oxygen atoms in total. The first-order valence-corrected chi connectivity index (χ1v) is 9.76. The van der Waals surface area contributed by atoms with E-state index < -0.39 is 6.61 Å². The summed E-state index contributed by atoms with van der Waals surface area (Å²) in [6.07, 6.45) is 3.62. The van der Waals surface area contributed by atoms with Crippen molar-refractivity contribution in [3.05, 3.63) is 29.8 Å². The molecule has 3 fully saturated rings. The van der Waals surface area contributed by atoms with Crippen LogP contribution in [0.15, 0.2) is 18.3 Å². The molecule has 152 valence electrons. The zero-order chi connectivity index (χ0) is 20.3. The van der Waals surface area contributed by atoms with Gasteiger partial charge in [0.25, 0.3) is 0 Å². The lowest BCUT2D eigenvalue weighted by Crippen LogP contribution is -2.29. The molecule has 3 atom stereocenters. The lowest BCUT2D eigenvalue weighted by atomic mass is 10.1. The Morgan fingerprint density at radius 1 is 1.24 bits per heavy atom. The normalized spacial score (nSPS) is 25.2. The molecule has 2 saturated carbocycles. The molecule has 3 aliphatic rings. The molecular formula is C20H21F2N5O2. The van der Waals surface area contributed by atoms with Crippen LogP contribution in [-0.4, -0.2) is 45.5 Å². The van der Waals surface area contributed by atoms with Gasteiger partial charge in [0, 0.05) is 49.3 Å². The molecule has 29 heavy (non-hydrogen) atoms. The SMILES string of the molecule is CC(=O)N1C[C@@H]2C(c3cc(-c4cnc(N)c(OC(F)F)c4)nc(C4CC4)n3)[C@@H]2C1. The first-order chi connectivity index (χ1) is 13.9. The van der Waals surface area contributed by atoms with Crippen molar-refractivity contribution in [1.82, 2.24) is 19.9 Å². The molecule has 5 rings (SSSR count). The van der Waals surface area contributed by atoms with E-state index in [0.29, 0.717) is 34.9 Å². The molecule has 0 radical (unpaired) electrons. The van der Waals surface area contributed by atoms with Gasteiger partial charge in [-0.2, -0.15) is 8.78 Å². The number of rotatable bonds is 5. The van der Waals surface area contributed by atoms with Gasteiger partial charge in [0.2, 0.25) is 5.91 Å². The van der Waals surface area contributed by atoms with Gasteiger partial charge in [-0.15, -0.1) is 0 Å². The van der Waals surface area contributed by atoms with E-state index >= 15 is 0 Å². The van der Waals surface area contributed by atoms with Crippen molar-refractivity contribution in [2.45, 2.75) is 38.2 Å². The monoisotopic (exact) mass is 401 g/mol. The second-order valence-electron chi connectivity index (χ2n) is 8.07. The van der Waals surface area contributed by atoms with Crippen LogP contribution in [-0.2, 0) is 4.79 Å². The smallest absolute Gasteiger partial charge is 0.387 e. The van der Waals surface area contributed by atoms with Crippen LogP contribution < -0.4 is 10.5 Å². The number of anilines is 1. The van der Waals surface area contributed by atoms with Crippen molar-refractivity contribution in [3.63, 3.8) is 0 Å². The van der Waals surface area contributed by atoms with Crippen molar-refractivity contribution in [1.29, 1.82) is 0 Å². The summed E-state index contributed by atoms with van der Waals surface area (Å²) in [5, 5.41) is 0. The van der Waals surface area contributed by atoms with Gasteiger partial charge in [-0.05, 0) is 36.8 Å². The van der Waals surface area contributed by atoms with Gasteiger partial charge in [-0.1, -0.05) is 0 Å². The molecule has 1 aliphatic heterocycles. The van der Waals surface area contributed by atoms with Gasteiger partial charge < -0.3 is 15.4 Å². The minimum Gasteiger partial charge on any atom is -0.431 e. The molecule has 3 heterocycles. The van der Waals surface area contributed by atoms with Crippen LogP contribution in [0.5, 0.6) is 5.75 Å². The molecule has 1 amide bonds. The highest BCUT2D eigenvalue weighted by Crippen LogP contribution is 2.58. The standard InChI is InChI=1S/C20H21F2N5O2/c1-9(28)27-7-12-13(8-27)17(12)15-5-14(25-19(26-15)10-2-3-10)11-4-16(29-20(21)22)18(23)24-6-11/h4-6,10,12-13,17,20H,2-3,7-8H2,1H3,(H2,23,24)/t12-,13+,17?. The van der Waals surface area contributed by atoms with Crippen LogP contribution in [0, 0.1) is 11.8 Å². The number of fused-ring (bicyclic) bond motifs is 1. The van der Waals surface area contributed by atoms with Crippen LogP contribution >= 0.6 is 0 Å². The average molecular weight is 401 g/mol. The molecule has 1 unspecified atom stereocenters. The highest BCUT2D eigenvalue weighted by molar-refractivity contribution is 5.74. The Morgan fingerprint density at radius 3 is 2.59 bits per heavy atom. The number of likely N-dealkylation sites (tertiary alicyclic amines) is 1. The lowest BCUT2D eigenvalue weighted by Gasteiger charge is -2.18. The van der Waals surface area contributed by atoms with Gasteiger partial charge in [-0.3, -0.25) is 4.79 Å². The maximum Gasteiger partial charge on any atom is 0.387 e. The zero-order valence-electron chi connectivity index (χ0n) is 15.9. The second-order valence-corrected chi connectivity index (χ2v) is 8.07. The van der Waals surface area contributed by atoms with E-state index in [-0.39, 0.29) is 17.5 Å². The number of pyridine rings is 1. The molecule has 0 spiro atoms. The Hall–Kier alpha value is -2.84. The molecular weight excluding hydrogens is 380 g/mol. The Bertz CT molecular complexity index is 969. The van der Waals surface area contributed by atoms with Crippen LogP contribution in [0.3, 0.4) is 0 Å². The van der Waals surface area contributed by atoms with E-state index in [1.165, 1.54) is 12.3 Å². The molecule has 2 aliphatic carbocycles. The number of carbonyl (C=O) groups is 1. The third-order valence-corrected chi connectivity index (χ3v) is 6.08. The first-order valence-electron chi connectivity index (χ1n) is 9.76. The number of alkyl halides is 2. The Balaban J connectivity index is 1.47. The third-order valence-electron chi connectivity index (χ3n) is 6.08. The van der Waals surface area contributed by atoms with Gasteiger partial charge in [0.1, 0.15) is 5.82 Å². The third kappa shape index (κ3) is 3.38. The van der Waals surface area contributed by atoms with Crippen molar-refractivity contribution in [2.75, 3.05) is 18.8 Å². The maximum atomic E-state index is 12.7. The average Bonchev–Trinajstić information content (AvgIpc) is 3.60. The predicted molar refractivity (Wildman–Crippen MR) is 100 cm³/mol. The minimum absolute atomic E-state index is 0.0909. The minimum atomic E-state index is -2.98. The number of halogens is 2. The van der Waals surface area contributed by atoms with E-state index in [1.807, 2.05) is 11.0 Å². The number of aromatic nitrogens is 3. The topological polar surface area (TPSA) is 94.2 Å². The van der Waals surface area contributed by atoms with Crippen molar-refractivity contribution in [3.8, 4) is 17.0 Å². The van der Waals surface area contributed by atoms with E-state index in [9.17, 15) is 13.6 Å². The van der Waals surface area contributed by atoms with Crippen LogP contribution in [0.25, 0.3) is 11.3 Å². The Morgan fingerprint density at radius 2 is 1.97 bits per heavy atom. The van der Waals surface area contributed by atoms with Gasteiger partial charge in [-0.25, -0.2) is 15.0 Å². The number of hydrogen-bond donors (Lipinski definition) is 1. The Labute approximate surface area is 166 Å². The van der Waals surface area contributed by atoms with Crippen molar-refractivity contribution >= 4 is 11.7 Å². The van der Waals surface area contributed by atoms with Crippen LogP contribution in [0.2, 0.25) is 0 Å². The Kier molecular flexibility index (Phi) is 4.15. The highest BCUT2D eigenvalue weighted by Gasteiger charge is 2.57. The van der Waals surface area contributed by atoms with E-state index in [0.717, 1.165) is 37.4 Å². The molecule has 9 heteroatoms. The highest BCUT2D eigenvalue weighted by atomic mass is 19.3. The van der Waals surface area contributed by atoms with E-state index in [2.05, 4.69) is 14.7 Å². The number of carbonyl (C=O) groups excluding carboxylic acids is 1. The summed E-state index contributed by atoms with van der Waals surface area (Å²) in [7, 11) is 0. The van der Waals surface area contributed by atoms with Gasteiger partial charge in [0.15, 0.2) is 11.6 Å². The second kappa shape index (κ2) is 6.60. The van der Waals surface area contributed by atoms with Crippen molar-refractivity contribution in [2.24, 2.45) is 11.8 Å². The first kappa shape index (κ1) is 18.2. The van der Waals surface area contributed by atoms with Gasteiger partial charge >= 0.3 is 6.61 Å². The maximum absolute atomic E-state index is 12.7. The quantitative estimate of drug-likeness (QED) is 0.828. The summed E-state index contributed by atoms with van der Waals surface area (Å²) in [5.74, 6) is 2.16. The predicted octanol–water partition coefficient (Wildman–Crippen LogP) is 2.79. The van der Waals surface area contributed by atoms with E-state index in [4.69, 9.17) is 10.7 Å². The zero-order valence-corrected chi connectivity index (χ0v) is 15.9. The number of amides is 1. The molecule has 0 aromatic carbocycles. The molecule has 2 aromatic heterocycles. The van der Waals surface area contributed by atoms with Gasteiger partial charge in [0.05, 0.1) is 5.69 Å². The van der Waals surface area contributed by atoms with Crippen molar-refractivity contribution < 1.29 is 18.3 Å². The largest absolute Gasteiger partial charge is 0.431 e. The summed E-state index contributed by atoms with van der Waals surface area (Å²) < 4.78 is 29.8. The molecule has 0 bridgehead atoms. The number of ether oxygens (including phenoxy) is 1. The lowest BCUT2D eigenvalue weighted by molar-refractivity contribution is -0.128. The fourth-order valence-electron chi connectivity index (χ4n) is 4.34. The summed E-state index contributed by atoms with van der Waals surface area (Å²) in [6, 6.07) is 3.36. The molecule has 2 N–H and O–H groups in total. The number of piperidine rings is 1. The van der Waals surface area contributed by atoms with E-state index in [1.54, 1.807) is 6.92 Å². The summed E-state index contributed by atoms with van der Waals surface area (Å²) >= 11 is 0. The summed E-state index contributed by atoms with van der Waals surface area (Å²) in [4.78, 5) is 26.9. The number of hydrogen-bond acceptors (Lipinski definition) is 6. The number of nitrogens with two attached hydrogens (primary N) is 1. The molecule has 2 aromatic rings. The fraction of sp³-hybridized carbons (Fsp3) is 0.500. The van der Waals surface area contributed by atoms with Crippen LogP contribution in [0.4, 0.5) is 14.6 Å². The van der Waals surface area contributed by atoms with Crippen LogP contribution in [0.1, 0.15) is 43.1 Å². The number of nitrogen functional groups attached to an aromatic ring is 1.